The molecule has 0 radical (unpaired) electrons. The van der Waals surface area contributed by atoms with E-state index in [9.17, 15) is 0 Å². The smallest absolute Gasteiger partial charge is 0.0682 e. The third-order valence-corrected chi connectivity index (χ3v) is 7.35. The van der Waals surface area contributed by atoms with Gasteiger partial charge < -0.3 is 4.74 Å². The number of hydrogen-bond acceptors (Lipinski definition) is 1. The van der Waals surface area contributed by atoms with Gasteiger partial charge in [-0.3, -0.25) is 0 Å². The van der Waals surface area contributed by atoms with E-state index in [4.69, 9.17) is 4.74 Å². The van der Waals surface area contributed by atoms with E-state index < -0.39 is 0 Å². The fourth-order valence-corrected chi connectivity index (χ4v) is 5.51. The number of rotatable bonds is 13. The van der Waals surface area contributed by atoms with Gasteiger partial charge in [0.1, 0.15) is 0 Å². The Morgan fingerprint density at radius 1 is 0.692 bits per heavy atom. The lowest BCUT2D eigenvalue weighted by atomic mass is 9.78. The summed E-state index contributed by atoms with van der Waals surface area (Å²) in [6.45, 7) is 5.66. The standard InChI is InChI=1S/C25H48O/c1-3-5-8-13-23-15-17-24(18-16-23)14-12-22-26-25(19-9-6-4-2)20-10-7-11-21-25/h23-24H,3-22H2,1-2H3/t23-,24-. The van der Waals surface area contributed by atoms with Gasteiger partial charge in [-0.1, -0.05) is 104 Å². The maximum Gasteiger partial charge on any atom is 0.0682 e. The van der Waals surface area contributed by atoms with Gasteiger partial charge in [0.15, 0.2) is 0 Å². The highest BCUT2D eigenvalue weighted by Crippen LogP contribution is 2.37. The first-order valence-corrected chi connectivity index (χ1v) is 12.4. The van der Waals surface area contributed by atoms with E-state index >= 15 is 0 Å². The molecule has 26 heavy (non-hydrogen) atoms. The first-order valence-electron chi connectivity index (χ1n) is 12.4. The van der Waals surface area contributed by atoms with Crippen LogP contribution in [0.3, 0.4) is 0 Å². The van der Waals surface area contributed by atoms with E-state index in [0.29, 0.717) is 0 Å². The van der Waals surface area contributed by atoms with Crippen molar-refractivity contribution >= 4 is 0 Å². The monoisotopic (exact) mass is 364 g/mol. The molecule has 0 bridgehead atoms. The van der Waals surface area contributed by atoms with Crippen molar-refractivity contribution in [3.63, 3.8) is 0 Å². The topological polar surface area (TPSA) is 9.23 Å². The largest absolute Gasteiger partial charge is 0.375 e. The zero-order valence-corrected chi connectivity index (χ0v) is 18.2. The third-order valence-electron chi connectivity index (χ3n) is 7.35. The minimum Gasteiger partial charge on any atom is -0.375 e. The van der Waals surface area contributed by atoms with Crippen molar-refractivity contribution in [2.45, 2.75) is 141 Å². The van der Waals surface area contributed by atoms with Gasteiger partial charge in [-0.25, -0.2) is 0 Å². The Bertz CT molecular complexity index is 323. The van der Waals surface area contributed by atoms with Crippen LogP contribution in [0, 0.1) is 11.8 Å². The summed E-state index contributed by atoms with van der Waals surface area (Å²) in [4.78, 5) is 0. The van der Waals surface area contributed by atoms with Gasteiger partial charge in [0.05, 0.1) is 5.60 Å². The molecule has 0 aromatic heterocycles. The van der Waals surface area contributed by atoms with Crippen LogP contribution in [0.4, 0.5) is 0 Å². The van der Waals surface area contributed by atoms with Crippen molar-refractivity contribution in [2.24, 2.45) is 11.8 Å². The summed E-state index contributed by atoms with van der Waals surface area (Å²) < 4.78 is 6.59. The minimum absolute atomic E-state index is 0.268. The van der Waals surface area contributed by atoms with Crippen LogP contribution >= 0.6 is 0 Å². The molecule has 0 aromatic carbocycles. The Morgan fingerprint density at radius 2 is 1.27 bits per heavy atom. The van der Waals surface area contributed by atoms with Crippen LogP contribution in [0.5, 0.6) is 0 Å². The molecular formula is C25H48O. The van der Waals surface area contributed by atoms with Crippen LogP contribution in [-0.4, -0.2) is 12.2 Å². The molecule has 0 saturated heterocycles. The molecule has 0 spiro atoms. The molecule has 1 heteroatoms. The van der Waals surface area contributed by atoms with Gasteiger partial charge in [-0.15, -0.1) is 0 Å². The third kappa shape index (κ3) is 8.32. The van der Waals surface area contributed by atoms with Gasteiger partial charge in [0, 0.05) is 6.61 Å². The molecule has 0 N–H and O–H groups in total. The van der Waals surface area contributed by atoms with Crippen molar-refractivity contribution in [2.75, 3.05) is 6.61 Å². The second-order valence-electron chi connectivity index (χ2n) is 9.57. The molecular weight excluding hydrogens is 316 g/mol. The molecule has 2 aliphatic carbocycles. The average molecular weight is 365 g/mol. The van der Waals surface area contributed by atoms with Crippen molar-refractivity contribution < 1.29 is 4.74 Å². The molecule has 2 saturated carbocycles. The van der Waals surface area contributed by atoms with Crippen LogP contribution in [0.1, 0.15) is 136 Å². The quantitative estimate of drug-likeness (QED) is 0.298. The molecule has 2 aliphatic rings. The Kier molecular flexibility index (Phi) is 11.3. The maximum atomic E-state index is 6.59. The molecule has 154 valence electrons. The highest BCUT2D eigenvalue weighted by Gasteiger charge is 2.32. The van der Waals surface area contributed by atoms with E-state index in [1.54, 1.807) is 0 Å². The van der Waals surface area contributed by atoms with Gasteiger partial charge in [-0.2, -0.15) is 0 Å². The average Bonchev–Trinajstić information content (AvgIpc) is 2.68. The Morgan fingerprint density at radius 3 is 1.88 bits per heavy atom. The summed E-state index contributed by atoms with van der Waals surface area (Å²) in [5.41, 5.74) is 0.268. The SMILES string of the molecule is CCCCCC1(OCCC[C@H]2CC[C@H](CCCCC)CC2)CCCCC1. The van der Waals surface area contributed by atoms with E-state index in [1.807, 2.05) is 0 Å². The second-order valence-corrected chi connectivity index (χ2v) is 9.57. The van der Waals surface area contributed by atoms with Gasteiger partial charge >= 0.3 is 0 Å². The lowest BCUT2D eigenvalue weighted by Gasteiger charge is -2.38. The van der Waals surface area contributed by atoms with E-state index in [1.165, 1.54) is 122 Å². The van der Waals surface area contributed by atoms with Gasteiger partial charge in [-0.05, 0) is 43.9 Å². The lowest BCUT2D eigenvalue weighted by molar-refractivity contribution is -0.0791. The normalized spacial score (nSPS) is 26.1. The minimum atomic E-state index is 0.268. The fraction of sp³-hybridized carbons (Fsp3) is 1.00. The molecule has 0 atom stereocenters. The summed E-state index contributed by atoms with van der Waals surface area (Å²) in [5, 5.41) is 0. The molecule has 0 heterocycles. The summed E-state index contributed by atoms with van der Waals surface area (Å²) >= 11 is 0. The molecule has 0 amide bonds. The molecule has 2 rings (SSSR count). The van der Waals surface area contributed by atoms with E-state index in [2.05, 4.69) is 13.8 Å². The predicted octanol–water partition coefficient (Wildman–Crippen LogP) is 8.45. The van der Waals surface area contributed by atoms with Crippen LogP contribution in [0.25, 0.3) is 0 Å². The zero-order chi connectivity index (χ0) is 18.5. The maximum absolute atomic E-state index is 6.59. The van der Waals surface area contributed by atoms with Crippen molar-refractivity contribution in [1.82, 2.24) is 0 Å². The summed E-state index contributed by atoms with van der Waals surface area (Å²) in [6.07, 6.45) is 26.8. The molecule has 0 unspecified atom stereocenters. The molecule has 2 fully saturated rings. The van der Waals surface area contributed by atoms with E-state index in [-0.39, 0.29) is 5.60 Å². The zero-order valence-electron chi connectivity index (χ0n) is 18.2. The number of ether oxygens (including phenoxy) is 1. The Hall–Kier alpha value is -0.0400. The van der Waals surface area contributed by atoms with Gasteiger partial charge in [0.2, 0.25) is 0 Å². The Balaban J connectivity index is 1.58. The highest BCUT2D eigenvalue weighted by molar-refractivity contribution is 4.84. The number of unbranched alkanes of at least 4 members (excludes halogenated alkanes) is 4. The molecule has 1 nitrogen and oxygen atoms in total. The van der Waals surface area contributed by atoms with Crippen LogP contribution < -0.4 is 0 Å². The summed E-state index contributed by atoms with van der Waals surface area (Å²) in [5.74, 6) is 2.06. The van der Waals surface area contributed by atoms with Crippen molar-refractivity contribution in [3.8, 4) is 0 Å². The number of hydrogen-bond donors (Lipinski definition) is 0. The van der Waals surface area contributed by atoms with Gasteiger partial charge in [0.25, 0.3) is 0 Å². The molecule has 0 aliphatic heterocycles. The van der Waals surface area contributed by atoms with Crippen LogP contribution in [-0.2, 0) is 4.74 Å². The van der Waals surface area contributed by atoms with Crippen LogP contribution in [0.15, 0.2) is 0 Å². The summed E-state index contributed by atoms with van der Waals surface area (Å²) in [7, 11) is 0. The Labute approximate surface area is 165 Å². The predicted molar refractivity (Wildman–Crippen MR) is 115 cm³/mol. The van der Waals surface area contributed by atoms with Crippen LogP contribution in [0.2, 0.25) is 0 Å². The lowest BCUT2D eigenvalue weighted by Crippen LogP contribution is -2.35. The first-order chi connectivity index (χ1) is 12.8. The van der Waals surface area contributed by atoms with Crippen molar-refractivity contribution in [3.05, 3.63) is 0 Å². The first kappa shape index (κ1) is 22.3. The highest BCUT2D eigenvalue weighted by atomic mass is 16.5. The second kappa shape index (κ2) is 13.2. The van der Waals surface area contributed by atoms with Crippen molar-refractivity contribution in [1.29, 1.82) is 0 Å². The fourth-order valence-electron chi connectivity index (χ4n) is 5.51. The van der Waals surface area contributed by atoms with E-state index in [0.717, 1.165) is 18.4 Å². The summed E-state index contributed by atoms with van der Waals surface area (Å²) in [6, 6.07) is 0. The molecule has 0 aromatic rings.